The van der Waals surface area contributed by atoms with E-state index in [9.17, 15) is 0 Å². The van der Waals surface area contributed by atoms with E-state index in [-0.39, 0.29) is 0 Å². The molecule has 4 heteroatoms. The van der Waals surface area contributed by atoms with E-state index in [4.69, 9.17) is 10.5 Å². The number of anilines is 1. The van der Waals surface area contributed by atoms with Crippen molar-refractivity contribution >= 4 is 11.4 Å². The normalized spacial score (nSPS) is 16.7. The average Bonchev–Trinajstić information content (AvgIpc) is 2.39. The van der Waals surface area contributed by atoms with Gasteiger partial charge in [-0.25, -0.2) is 0 Å². The summed E-state index contributed by atoms with van der Waals surface area (Å²) in [6, 6.07) is 5.82. The molecule has 1 aliphatic heterocycles. The van der Waals surface area contributed by atoms with Gasteiger partial charge in [0, 0.05) is 37.4 Å². The number of nitrogens with two attached hydrogens (primary N) is 1. The number of nitrogen functional groups attached to an aromatic ring is 1. The lowest BCUT2D eigenvalue weighted by Crippen LogP contribution is -2.43. The minimum absolute atomic E-state index is 0.660. The van der Waals surface area contributed by atoms with E-state index in [1.807, 2.05) is 18.2 Å². The average molecular weight is 247 g/mol. The van der Waals surface area contributed by atoms with E-state index in [1.165, 1.54) is 0 Å². The van der Waals surface area contributed by atoms with Crippen LogP contribution in [-0.2, 0) is 0 Å². The first-order valence-corrected chi connectivity index (χ1v) is 6.18. The van der Waals surface area contributed by atoms with Crippen LogP contribution in [0.5, 0.6) is 5.75 Å². The molecular formula is C14H21N3O. The predicted octanol–water partition coefficient (Wildman–Crippen LogP) is 1.50. The summed E-state index contributed by atoms with van der Waals surface area (Å²) in [6.45, 7) is 8.37. The van der Waals surface area contributed by atoms with E-state index >= 15 is 0 Å². The van der Waals surface area contributed by atoms with Gasteiger partial charge in [-0.05, 0) is 19.2 Å². The molecule has 0 saturated carbocycles. The van der Waals surface area contributed by atoms with Gasteiger partial charge >= 0.3 is 0 Å². The fourth-order valence-electron chi connectivity index (χ4n) is 2.15. The van der Waals surface area contributed by atoms with Crippen LogP contribution in [0, 0.1) is 0 Å². The van der Waals surface area contributed by atoms with Crippen molar-refractivity contribution in [2.24, 2.45) is 0 Å². The van der Waals surface area contributed by atoms with Gasteiger partial charge in [0.25, 0.3) is 0 Å². The highest BCUT2D eigenvalue weighted by Crippen LogP contribution is 2.27. The molecule has 0 radical (unpaired) electrons. The maximum atomic E-state index is 5.82. The molecule has 0 aliphatic carbocycles. The number of likely N-dealkylation sites (N-methyl/N-ethyl adjacent to an activating group) is 1. The van der Waals surface area contributed by atoms with Crippen molar-refractivity contribution in [3.63, 3.8) is 0 Å². The van der Waals surface area contributed by atoms with Crippen molar-refractivity contribution in [2.75, 3.05) is 46.1 Å². The predicted molar refractivity (Wildman–Crippen MR) is 75.5 cm³/mol. The molecule has 1 aromatic rings. The molecular weight excluding hydrogens is 226 g/mol. The van der Waals surface area contributed by atoms with Gasteiger partial charge in [-0.3, -0.25) is 0 Å². The Morgan fingerprint density at radius 2 is 1.94 bits per heavy atom. The van der Waals surface area contributed by atoms with Gasteiger partial charge in [-0.15, -0.1) is 0 Å². The Kier molecular flexibility index (Phi) is 3.77. The van der Waals surface area contributed by atoms with Crippen LogP contribution < -0.4 is 10.5 Å². The molecule has 1 fully saturated rings. The van der Waals surface area contributed by atoms with Crippen molar-refractivity contribution in [1.29, 1.82) is 0 Å². The second kappa shape index (κ2) is 5.31. The Morgan fingerprint density at radius 1 is 1.28 bits per heavy atom. The first-order chi connectivity index (χ1) is 8.61. The van der Waals surface area contributed by atoms with E-state index in [1.54, 1.807) is 7.11 Å². The first-order valence-electron chi connectivity index (χ1n) is 6.18. The van der Waals surface area contributed by atoms with Crippen LogP contribution in [-0.4, -0.2) is 50.1 Å². The third kappa shape index (κ3) is 2.59. The summed E-state index contributed by atoms with van der Waals surface area (Å²) in [5.41, 5.74) is 8.60. The summed E-state index contributed by atoms with van der Waals surface area (Å²) in [5, 5.41) is 0. The Morgan fingerprint density at radius 3 is 2.56 bits per heavy atom. The topological polar surface area (TPSA) is 41.7 Å². The van der Waals surface area contributed by atoms with Crippen molar-refractivity contribution in [3.8, 4) is 5.75 Å². The number of hydrogen-bond donors (Lipinski definition) is 1. The molecule has 2 rings (SSSR count). The summed E-state index contributed by atoms with van der Waals surface area (Å²) in [5.74, 6) is 0.711. The number of ether oxygens (including phenoxy) is 1. The van der Waals surface area contributed by atoms with Gasteiger partial charge < -0.3 is 20.3 Å². The maximum absolute atomic E-state index is 5.82. The number of piperazine rings is 1. The molecule has 0 amide bonds. The molecule has 18 heavy (non-hydrogen) atoms. The summed E-state index contributed by atoms with van der Waals surface area (Å²) >= 11 is 0. The number of benzene rings is 1. The zero-order valence-corrected chi connectivity index (χ0v) is 11.1. The van der Waals surface area contributed by atoms with E-state index in [2.05, 4.69) is 23.4 Å². The molecule has 1 aliphatic rings. The Bertz CT molecular complexity index is 437. The third-order valence-electron chi connectivity index (χ3n) is 3.45. The molecule has 0 aromatic heterocycles. The summed E-state index contributed by atoms with van der Waals surface area (Å²) in [7, 11) is 3.78. The van der Waals surface area contributed by atoms with Crippen molar-refractivity contribution in [3.05, 3.63) is 30.3 Å². The van der Waals surface area contributed by atoms with Crippen LogP contribution in [0.1, 0.15) is 5.56 Å². The highest BCUT2D eigenvalue weighted by molar-refractivity contribution is 5.67. The molecule has 0 atom stereocenters. The van der Waals surface area contributed by atoms with Crippen molar-refractivity contribution in [2.45, 2.75) is 0 Å². The number of hydrogen-bond acceptors (Lipinski definition) is 4. The molecule has 2 N–H and O–H groups in total. The summed E-state index contributed by atoms with van der Waals surface area (Å²) in [4.78, 5) is 4.64. The molecule has 98 valence electrons. The van der Waals surface area contributed by atoms with Crippen LogP contribution in [0.4, 0.5) is 5.69 Å². The van der Waals surface area contributed by atoms with Crippen LogP contribution in [0.15, 0.2) is 24.8 Å². The van der Waals surface area contributed by atoms with E-state index in [0.717, 1.165) is 37.4 Å². The molecule has 1 saturated heterocycles. The van der Waals surface area contributed by atoms with Crippen LogP contribution in [0.25, 0.3) is 5.70 Å². The van der Waals surface area contributed by atoms with Crippen LogP contribution in [0.3, 0.4) is 0 Å². The summed E-state index contributed by atoms with van der Waals surface area (Å²) < 4.78 is 5.25. The van der Waals surface area contributed by atoms with E-state index in [0.29, 0.717) is 11.4 Å². The minimum Gasteiger partial charge on any atom is -0.495 e. The fourth-order valence-corrected chi connectivity index (χ4v) is 2.15. The molecule has 0 bridgehead atoms. The second-order valence-corrected chi connectivity index (χ2v) is 4.69. The third-order valence-corrected chi connectivity index (χ3v) is 3.45. The molecule has 0 spiro atoms. The lowest BCUT2D eigenvalue weighted by atomic mass is 10.1. The maximum Gasteiger partial charge on any atom is 0.142 e. The minimum atomic E-state index is 0.660. The molecule has 1 heterocycles. The van der Waals surface area contributed by atoms with E-state index < -0.39 is 0 Å². The van der Waals surface area contributed by atoms with Crippen LogP contribution >= 0.6 is 0 Å². The van der Waals surface area contributed by atoms with Gasteiger partial charge in [0.05, 0.1) is 12.8 Å². The van der Waals surface area contributed by atoms with Crippen LogP contribution in [0.2, 0.25) is 0 Å². The molecule has 0 unspecified atom stereocenters. The Hall–Kier alpha value is -1.68. The largest absolute Gasteiger partial charge is 0.495 e. The summed E-state index contributed by atoms with van der Waals surface area (Å²) in [6.07, 6.45) is 0. The number of nitrogens with zero attached hydrogens (tertiary/aromatic N) is 2. The van der Waals surface area contributed by atoms with Crippen molar-refractivity contribution in [1.82, 2.24) is 9.80 Å². The monoisotopic (exact) mass is 247 g/mol. The second-order valence-electron chi connectivity index (χ2n) is 4.69. The Balaban J connectivity index is 2.13. The van der Waals surface area contributed by atoms with Gasteiger partial charge in [0.15, 0.2) is 0 Å². The highest BCUT2D eigenvalue weighted by Gasteiger charge is 2.16. The number of methoxy groups -OCH3 is 1. The standard InChI is InChI=1S/C14H21N3O/c1-11(17-8-6-16(2)7-9-17)12-4-5-13(15)14(10-12)18-3/h4-5,10H,1,6-9,15H2,2-3H3. The SMILES string of the molecule is C=C(c1ccc(N)c(OC)c1)N1CCN(C)CC1. The zero-order valence-electron chi connectivity index (χ0n) is 11.1. The lowest BCUT2D eigenvalue weighted by molar-refractivity contribution is 0.207. The number of rotatable bonds is 3. The lowest BCUT2D eigenvalue weighted by Gasteiger charge is -2.35. The fraction of sp³-hybridized carbons (Fsp3) is 0.429. The molecule has 4 nitrogen and oxygen atoms in total. The van der Waals surface area contributed by atoms with Gasteiger partial charge in [0.1, 0.15) is 5.75 Å². The van der Waals surface area contributed by atoms with Gasteiger partial charge in [0.2, 0.25) is 0 Å². The van der Waals surface area contributed by atoms with Crippen molar-refractivity contribution < 1.29 is 4.74 Å². The zero-order chi connectivity index (χ0) is 13.1. The molecule has 1 aromatic carbocycles. The van der Waals surface area contributed by atoms with Gasteiger partial charge in [-0.1, -0.05) is 12.6 Å². The Labute approximate surface area is 109 Å². The smallest absolute Gasteiger partial charge is 0.142 e. The quantitative estimate of drug-likeness (QED) is 0.822. The first kappa shape index (κ1) is 12.8. The van der Waals surface area contributed by atoms with Gasteiger partial charge in [-0.2, -0.15) is 0 Å². The highest BCUT2D eigenvalue weighted by atomic mass is 16.5.